The maximum Gasteiger partial charge on any atom is 0.207 e. The molecule has 1 atom stereocenters. The molecule has 1 amide bonds. The van der Waals surface area contributed by atoms with Crippen molar-refractivity contribution in [3.8, 4) is 17.1 Å². The number of benzene rings is 2. The fourth-order valence-corrected chi connectivity index (χ4v) is 3.99. The van der Waals surface area contributed by atoms with Crippen molar-refractivity contribution in [2.75, 3.05) is 31.7 Å². The molecule has 0 bridgehead atoms. The molecule has 3 aromatic rings. The Kier molecular flexibility index (Phi) is 9.77. The van der Waals surface area contributed by atoms with Crippen LogP contribution in [0.3, 0.4) is 0 Å². The Morgan fingerprint density at radius 1 is 1.28 bits per heavy atom. The zero-order chi connectivity index (χ0) is 25.9. The number of aromatic hydroxyl groups is 1. The van der Waals surface area contributed by atoms with Gasteiger partial charge in [0, 0.05) is 31.6 Å². The number of rotatable bonds is 8. The minimum atomic E-state index is 0.122. The average Bonchev–Trinajstić information content (AvgIpc) is 3.35. The van der Waals surface area contributed by atoms with Gasteiger partial charge in [-0.2, -0.15) is 0 Å². The van der Waals surface area contributed by atoms with Crippen LogP contribution in [0.1, 0.15) is 18.9 Å². The maximum atomic E-state index is 10.7. The summed E-state index contributed by atoms with van der Waals surface area (Å²) in [7, 11) is 1.67. The van der Waals surface area contributed by atoms with Crippen LogP contribution in [-0.2, 0) is 9.53 Å². The molecular formula is C29H34N4O3. The summed E-state index contributed by atoms with van der Waals surface area (Å²) in [5, 5.41) is 14.0. The maximum absolute atomic E-state index is 10.7. The first-order chi connectivity index (χ1) is 17.5. The molecule has 1 unspecified atom stereocenters. The number of phenolic OH excluding ortho intramolecular Hbond substituents is 1. The summed E-state index contributed by atoms with van der Waals surface area (Å²) in [6.45, 7) is 9.81. The van der Waals surface area contributed by atoms with Crippen LogP contribution < -0.4 is 10.2 Å². The predicted octanol–water partition coefficient (Wildman–Crippen LogP) is 4.96. The Hall–Kier alpha value is -3.97. The second-order valence-corrected chi connectivity index (χ2v) is 8.53. The molecule has 2 heterocycles. The minimum absolute atomic E-state index is 0.122. The molecule has 1 saturated heterocycles. The number of nitrogens with one attached hydrogen (secondary N) is 1. The molecule has 7 heteroatoms. The number of anilines is 1. The molecule has 4 rings (SSSR count). The van der Waals surface area contributed by atoms with Crippen molar-refractivity contribution in [2.24, 2.45) is 0 Å². The number of hydrogen-bond donors (Lipinski definition) is 2. The Balaban J connectivity index is 0.000000308. The van der Waals surface area contributed by atoms with E-state index < -0.39 is 0 Å². The van der Waals surface area contributed by atoms with Gasteiger partial charge in [0.15, 0.2) is 5.82 Å². The fraction of sp³-hybridized carbons (Fsp3) is 0.276. The second kappa shape index (κ2) is 13.2. The van der Waals surface area contributed by atoms with Gasteiger partial charge in [-0.25, -0.2) is 9.97 Å². The number of hydrogen-bond acceptors (Lipinski definition) is 6. The number of aryl methyl sites for hydroxylation is 1. The summed E-state index contributed by atoms with van der Waals surface area (Å²) >= 11 is 0. The van der Waals surface area contributed by atoms with Crippen LogP contribution in [0.25, 0.3) is 22.3 Å². The van der Waals surface area contributed by atoms with Crippen molar-refractivity contribution in [1.29, 1.82) is 0 Å². The molecule has 2 N–H and O–H groups in total. The van der Waals surface area contributed by atoms with Gasteiger partial charge in [0.2, 0.25) is 6.41 Å². The third kappa shape index (κ3) is 6.79. The van der Waals surface area contributed by atoms with Crippen molar-refractivity contribution < 1.29 is 14.6 Å². The Labute approximate surface area is 212 Å². The van der Waals surface area contributed by atoms with Crippen LogP contribution in [0.2, 0.25) is 0 Å². The summed E-state index contributed by atoms with van der Waals surface area (Å²) in [5.74, 6) is 1.50. The van der Waals surface area contributed by atoms with Gasteiger partial charge in [0.1, 0.15) is 11.6 Å². The van der Waals surface area contributed by atoms with E-state index in [2.05, 4.69) is 21.8 Å². The number of methoxy groups -OCH3 is 1. The smallest absolute Gasteiger partial charge is 0.207 e. The molecule has 1 aromatic heterocycles. The van der Waals surface area contributed by atoms with Crippen molar-refractivity contribution in [3.05, 3.63) is 84.5 Å². The lowest BCUT2D eigenvalue weighted by Gasteiger charge is -2.20. The molecule has 36 heavy (non-hydrogen) atoms. The molecular weight excluding hydrogens is 452 g/mol. The summed E-state index contributed by atoms with van der Waals surface area (Å²) in [5.41, 5.74) is 3.67. The SMILES string of the molecule is C=C/C(=C\C=C/C)COC.Cc1ccc2c(N3CCC(NC=O)C3)nc(-c3ccccc3O)nc2c1. The fourth-order valence-electron chi connectivity index (χ4n) is 3.99. The first-order valence-electron chi connectivity index (χ1n) is 11.9. The van der Waals surface area contributed by atoms with E-state index in [9.17, 15) is 9.90 Å². The lowest BCUT2D eigenvalue weighted by atomic mass is 10.1. The van der Waals surface area contributed by atoms with Crippen LogP contribution in [0.15, 0.2) is 78.9 Å². The van der Waals surface area contributed by atoms with Crippen molar-refractivity contribution in [2.45, 2.75) is 26.3 Å². The number of fused-ring (bicyclic) bond motifs is 1. The lowest BCUT2D eigenvalue weighted by Crippen LogP contribution is -2.31. The van der Waals surface area contributed by atoms with Gasteiger partial charge < -0.3 is 20.1 Å². The van der Waals surface area contributed by atoms with Gasteiger partial charge in [0.05, 0.1) is 17.7 Å². The molecule has 0 saturated carbocycles. The average molecular weight is 487 g/mol. The van der Waals surface area contributed by atoms with Gasteiger partial charge in [-0.15, -0.1) is 0 Å². The number of ether oxygens (including phenoxy) is 1. The highest BCUT2D eigenvalue weighted by Gasteiger charge is 2.25. The summed E-state index contributed by atoms with van der Waals surface area (Å²) < 4.78 is 4.92. The molecule has 7 nitrogen and oxygen atoms in total. The highest BCUT2D eigenvalue weighted by Crippen LogP contribution is 2.33. The van der Waals surface area contributed by atoms with Crippen LogP contribution in [0, 0.1) is 6.92 Å². The van der Waals surface area contributed by atoms with Gasteiger partial charge in [-0.3, -0.25) is 4.79 Å². The molecule has 0 aliphatic carbocycles. The standard InChI is InChI=1S/C20H20N4O2.C9H14O/c1-13-6-7-15-17(10-13)22-19(16-4-2-3-5-18(16)26)23-20(15)24-9-8-14(11-24)21-12-25;1-4-6-7-9(5-2)8-10-3/h2-7,10,12,14,26H,8-9,11H2,1H3,(H,21,25);4-7H,2,8H2,1,3H3/b;6-4-,9-7+. The third-order valence-electron chi connectivity index (χ3n) is 5.84. The molecule has 188 valence electrons. The van der Waals surface area contributed by atoms with E-state index >= 15 is 0 Å². The normalized spacial score (nSPS) is 15.6. The molecule has 1 fully saturated rings. The number of aromatic nitrogens is 2. The van der Waals surface area contributed by atoms with Gasteiger partial charge in [0.25, 0.3) is 0 Å². The number of allylic oxidation sites excluding steroid dienone is 3. The summed E-state index contributed by atoms with van der Waals surface area (Å²) in [6, 6.07) is 13.3. The molecule has 2 aromatic carbocycles. The zero-order valence-corrected chi connectivity index (χ0v) is 21.1. The third-order valence-corrected chi connectivity index (χ3v) is 5.84. The molecule has 0 radical (unpaired) electrons. The lowest BCUT2D eigenvalue weighted by molar-refractivity contribution is -0.110. The van der Waals surface area contributed by atoms with E-state index in [-0.39, 0.29) is 11.8 Å². The van der Waals surface area contributed by atoms with Crippen LogP contribution >= 0.6 is 0 Å². The van der Waals surface area contributed by atoms with Crippen LogP contribution in [0.5, 0.6) is 5.75 Å². The van der Waals surface area contributed by atoms with Gasteiger partial charge >= 0.3 is 0 Å². The van der Waals surface area contributed by atoms with E-state index in [1.807, 2.05) is 62.4 Å². The zero-order valence-electron chi connectivity index (χ0n) is 21.1. The number of carbonyl (C=O) groups excluding carboxylic acids is 1. The van der Waals surface area contributed by atoms with E-state index in [0.29, 0.717) is 24.5 Å². The Morgan fingerprint density at radius 2 is 2.08 bits per heavy atom. The van der Waals surface area contributed by atoms with E-state index in [0.717, 1.165) is 47.2 Å². The summed E-state index contributed by atoms with van der Waals surface area (Å²) in [6.07, 6.45) is 9.35. The van der Waals surface area contributed by atoms with Crippen molar-refractivity contribution >= 4 is 23.1 Å². The van der Waals surface area contributed by atoms with Gasteiger partial charge in [-0.05, 0) is 55.7 Å². The predicted molar refractivity (Wildman–Crippen MR) is 146 cm³/mol. The summed E-state index contributed by atoms with van der Waals surface area (Å²) in [4.78, 5) is 22.4. The van der Waals surface area contributed by atoms with Crippen molar-refractivity contribution in [3.63, 3.8) is 0 Å². The quantitative estimate of drug-likeness (QED) is 0.346. The molecule has 1 aliphatic heterocycles. The van der Waals surface area contributed by atoms with E-state index in [4.69, 9.17) is 9.72 Å². The first-order valence-corrected chi connectivity index (χ1v) is 11.9. The molecule has 1 aliphatic rings. The highest BCUT2D eigenvalue weighted by atomic mass is 16.5. The first kappa shape index (κ1) is 26.6. The van der Waals surface area contributed by atoms with Crippen LogP contribution in [0.4, 0.5) is 5.82 Å². The minimum Gasteiger partial charge on any atom is -0.507 e. The number of carbonyl (C=O) groups is 1. The number of amides is 1. The van der Waals surface area contributed by atoms with Crippen molar-refractivity contribution in [1.82, 2.24) is 15.3 Å². The van der Waals surface area contributed by atoms with Gasteiger partial charge in [-0.1, -0.05) is 49.1 Å². The Bertz CT molecular complexity index is 1250. The topological polar surface area (TPSA) is 87.6 Å². The second-order valence-electron chi connectivity index (χ2n) is 8.53. The van der Waals surface area contributed by atoms with Crippen LogP contribution in [-0.4, -0.2) is 54.3 Å². The highest BCUT2D eigenvalue weighted by molar-refractivity contribution is 5.92. The number of nitrogens with zero attached hydrogens (tertiary/aromatic N) is 3. The van der Waals surface area contributed by atoms with E-state index in [1.54, 1.807) is 25.3 Å². The molecule has 0 spiro atoms. The largest absolute Gasteiger partial charge is 0.507 e. The number of phenols is 1. The number of para-hydroxylation sites is 1. The van der Waals surface area contributed by atoms with E-state index in [1.165, 1.54) is 0 Å². The monoisotopic (exact) mass is 486 g/mol. The Morgan fingerprint density at radius 3 is 2.78 bits per heavy atom.